The maximum Gasteiger partial charge on any atom is 0.217 e. The fourth-order valence-electron chi connectivity index (χ4n) is 4.27. The third kappa shape index (κ3) is 3.02. The molecule has 3 nitrogen and oxygen atoms in total. The van der Waals surface area contributed by atoms with Gasteiger partial charge in [0.25, 0.3) is 0 Å². The van der Waals surface area contributed by atoms with Crippen LogP contribution in [0.3, 0.4) is 0 Å². The zero-order valence-electron chi connectivity index (χ0n) is 17.6. The second-order valence-electron chi connectivity index (χ2n) is 8.13. The fraction of sp³-hybridized carbons (Fsp3) is 0.222. The zero-order valence-corrected chi connectivity index (χ0v) is 17.6. The zero-order chi connectivity index (χ0) is 20.7. The van der Waals surface area contributed by atoms with E-state index in [1.54, 1.807) is 7.11 Å². The van der Waals surface area contributed by atoms with E-state index in [1.165, 1.54) is 5.39 Å². The summed E-state index contributed by atoms with van der Waals surface area (Å²) in [5, 5.41) is 4.59. The molecule has 0 unspecified atom stereocenters. The van der Waals surface area contributed by atoms with Crippen LogP contribution in [0.15, 0.2) is 77.8 Å². The number of methoxy groups -OCH3 is 1. The highest BCUT2D eigenvalue weighted by molar-refractivity contribution is 6.14. The van der Waals surface area contributed by atoms with Gasteiger partial charge in [0.05, 0.1) is 18.7 Å². The molecule has 0 aromatic heterocycles. The number of hydrogen-bond donors (Lipinski definition) is 0. The predicted molar refractivity (Wildman–Crippen MR) is 125 cm³/mol. The Labute approximate surface area is 177 Å². The van der Waals surface area contributed by atoms with E-state index in [0.29, 0.717) is 12.5 Å². The summed E-state index contributed by atoms with van der Waals surface area (Å²) in [5.74, 6) is 2.05. The van der Waals surface area contributed by atoms with Gasteiger partial charge in [0.15, 0.2) is 0 Å². The first kappa shape index (κ1) is 18.7. The quantitative estimate of drug-likeness (QED) is 0.396. The largest absolute Gasteiger partial charge is 0.495 e. The molecule has 30 heavy (non-hydrogen) atoms. The molecule has 1 aliphatic rings. The molecule has 4 aromatic carbocycles. The lowest BCUT2D eigenvalue weighted by Crippen LogP contribution is -2.13. The van der Waals surface area contributed by atoms with Crippen LogP contribution in [0.5, 0.6) is 5.75 Å². The van der Waals surface area contributed by atoms with Crippen LogP contribution in [0.4, 0.5) is 0 Å². The molecule has 4 aromatic rings. The van der Waals surface area contributed by atoms with E-state index in [1.807, 2.05) is 6.07 Å². The maximum atomic E-state index is 6.15. The Morgan fingerprint density at radius 1 is 0.833 bits per heavy atom. The Balaban J connectivity index is 1.81. The maximum absolute atomic E-state index is 6.15. The number of fused-ring (bicyclic) bond motifs is 2. The lowest BCUT2D eigenvalue weighted by atomic mass is 9.92. The van der Waals surface area contributed by atoms with Crippen LogP contribution in [0.1, 0.15) is 19.4 Å². The first-order valence-corrected chi connectivity index (χ1v) is 10.5. The first-order chi connectivity index (χ1) is 14.7. The van der Waals surface area contributed by atoms with E-state index >= 15 is 0 Å². The molecule has 1 heterocycles. The van der Waals surface area contributed by atoms with E-state index in [9.17, 15) is 0 Å². The normalized spacial score (nSPS) is 16.1. The van der Waals surface area contributed by atoms with Crippen LogP contribution in [-0.4, -0.2) is 25.7 Å². The van der Waals surface area contributed by atoms with Crippen LogP contribution in [0.2, 0.25) is 0 Å². The van der Waals surface area contributed by atoms with Crippen molar-refractivity contribution in [2.45, 2.75) is 19.9 Å². The van der Waals surface area contributed by atoms with Gasteiger partial charge in [-0.1, -0.05) is 80.6 Å². The highest BCUT2D eigenvalue weighted by Gasteiger charge is 2.27. The summed E-state index contributed by atoms with van der Waals surface area (Å²) in [7, 11) is 1.74. The Morgan fingerprint density at radius 2 is 1.47 bits per heavy atom. The highest BCUT2D eigenvalue weighted by atomic mass is 16.5. The summed E-state index contributed by atoms with van der Waals surface area (Å²) in [6, 6.07) is 25.6. The summed E-state index contributed by atoms with van der Waals surface area (Å²) in [4.78, 5) is 4.97. The molecule has 150 valence electrons. The summed E-state index contributed by atoms with van der Waals surface area (Å²) < 4.78 is 12.1. The second-order valence-corrected chi connectivity index (χ2v) is 8.13. The molecule has 5 rings (SSSR count). The van der Waals surface area contributed by atoms with Crippen molar-refractivity contribution < 1.29 is 9.47 Å². The minimum atomic E-state index is 0.185. The van der Waals surface area contributed by atoms with Gasteiger partial charge in [-0.15, -0.1) is 0 Å². The number of rotatable bonds is 4. The number of ether oxygens (including phenoxy) is 2. The molecular weight excluding hydrogens is 370 g/mol. The SMILES string of the molecule is COc1c(-c2ccc3ccccc3c2C2=N[C@@H](C(C)C)CO2)ccc2ccccc12. The molecule has 0 bridgehead atoms. The fourth-order valence-corrected chi connectivity index (χ4v) is 4.27. The van der Waals surface area contributed by atoms with Crippen molar-refractivity contribution >= 4 is 27.4 Å². The highest BCUT2D eigenvalue weighted by Crippen LogP contribution is 2.41. The molecule has 3 heteroatoms. The molecule has 0 aliphatic carbocycles. The average Bonchev–Trinajstić information content (AvgIpc) is 3.28. The summed E-state index contributed by atoms with van der Waals surface area (Å²) >= 11 is 0. The van der Waals surface area contributed by atoms with Gasteiger partial charge in [-0.05, 0) is 33.7 Å². The number of nitrogens with zero attached hydrogens (tertiary/aromatic N) is 1. The minimum absolute atomic E-state index is 0.185. The van der Waals surface area contributed by atoms with Crippen LogP contribution in [0, 0.1) is 5.92 Å². The number of benzene rings is 4. The monoisotopic (exact) mass is 395 g/mol. The lowest BCUT2D eigenvalue weighted by molar-refractivity contribution is 0.292. The molecule has 0 amide bonds. The molecule has 0 radical (unpaired) electrons. The van der Waals surface area contributed by atoms with Crippen LogP contribution < -0.4 is 4.74 Å². The van der Waals surface area contributed by atoms with E-state index in [2.05, 4.69) is 80.6 Å². The summed E-state index contributed by atoms with van der Waals surface area (Å²) in [5.41, 5.74) is 3.18. The minimum Gasteiger partial charge on any atom is -0.495 e. The van der Waals surface area contributed by atoms with E-state index in [-0.39, 0.29) is 6.04 Å². The molecule has 0 fully saturated rings. The smallest absolute Gasteiger partial charge is 0.217 e. The molecule has 0 saturated carbocycles. The summed E-state index contributed by atoms with van der Waals surface area (Å²) in [6.45, 7) is 5.01. The first-order valence-electron chi connectivity index (χ1n) is 10.5. The van der Waals surface area contributed by atoms with Crippen molar-refractivity contribution in [3.63, 3.8) is 0 Å². The van der Waals surface area contributed by atoms with Gasteiger partial charge in [-0.2, -0.15) is 0 Å². The van der Waals surface area contributed by atoms with Crippen molar-refractivity contribution in [1.29, 1.82) is 0 Å². The molecule has 0 N–H and O–H groups in total. The van der Waals surface area contributed by atoms with Gasteiger partial charge in [0, 0.05) is 10.9 Å². The van der Waals surface area contributed by atoms with Gasteiger partial charge in [0.1, 0.15) is 12.4 Å². The Bertz CT molecular complexity index is 1270. The van der Waals surface area contributed by atoms with Crippen molar-refractivity contribution in [2.24, 2.45) is 10.9 Å². The van der Waals surface area contributed by atoms with Gasteiger partial charge >= 0.3 is 0 Å². The standard InChI is InChI=1S/C27H25NO2/c1-17(2)24-16-30-27(28-24)25-20-10-6-4-8-18(20)12-14-22(25)23-15-13-19-9-5-7-11-21(19)26(23)29-3/h4-15,17,24H,16H2,1-3H3/t24-/m1/s1. The predicted octanol–water partition coefficient (Wildman–Crippen LogP) is 6.47. The van der Waals surface area contributed by atoms with E-state index < -0.39 is 0 Å². The summed E-state index contributed by atoms with van der Waals surface area (Å²) in [6.07, 6.45) is 0. The van der Waals surface area contributed by atoms with Crippen molar-refractivity contribution in [3.8, 4) is 16.9 Å². The number of hydrogen-bond acceptors (Lipinski definition) is 3. The van der Waals surface area contributed by atoms with E-state index in [0.717, 1.165) is 44.5 Å². The lowest BCUT2D eigenvalue weighted by Gasteiger charge is -2.17. The second kappa shape index (κ2) is 7.49. The molecule has 1 aliphatic heterocycles. The van der Waals surface area contributed by atoms with Gasteiger partial charge < -0.3 is 9.47 Å². The molecular formula is C27H25NO2. The third-order valence-corrected chi connectivity index (χ3v) is 5.96. The molecule has 1 atom stereocenters. The number of aliphatic imine (C=N–C) groups is 1. The Morgan fingerprint density at radius 3 is 2.13 bits per heavy atom. The Hall–Kier alpha value is -3.33. The average molecular weight is 396 g/mol. The van der Waals surface area contributed by atoms with Crippen molar-refractivity contribution in [1.82, 2.24) is 0 Å². The van der Waals surface area contributed by atoms with E-state index in [4.69, 9.17) is 14.5 Å². The van der Waals surface area contributed by atoms with Crippen molar-refractivity contribution in [3.05, 3.63) is 78.4 Å². The third-order valence-electron chi connectivity index (χ3n) is 5.96. The van der Waals surface area contributed by atoms with Crippen molar-refractivity contribution in [2.75, 3.05) is 13.7 Å². The van der Waals surface area contributed by atoms with Crippen LogP contribution in [0.25, 0.3) is 32.7 Å². The van der Waals surface area contributed by atoms with Gasteiger partial charge in [-0.3, -0.25) is 0 Å². The van der Waals surface area contributed by atoms with Gasteiger partial charge in [-0.25, -0.2) is 4.99 Å². The van der Waals surface area contributed by atoms with Gasteiger partial charge in [0.2, 0.25) is 5.90 Å². The Kier molecular flexibility index (Phi) is 4.66. The molecule has 0 saturated heterocycles. The molecule has 0 spiro atoms. The topological polar surface area (TPSA) is 30.8 Å². The van der Waals surface area contributed by atoms with Crippen LogP contribution in [-0.2, 0) is 4.74 Å². The van der Waals surface area contributed by atoms with Crippen LogP contribution >= 0.6 is 0 Å².